The quantitative estimate of drug-likeness (QED) is 0.694. The van der Waals surface area contributed by atoms with Crippen molar-refractivity contribution in [3.8, 4) is 0 Å². The van der Waals surface area contributed by atoms with Crippen LogP contribution >= 0.6 is 0 Å². The van der Waals surface area contributed by atoms with Crippen molar-refractivity contribution in [2.24, 2.45) is 5.41 Å². The number of allylic oxidation sites excluding steroid dienone is 5. The molecule has 2 rings (SSSR count). The van der Waals surface area contributed by atoms with Gasteiger partial charge in [0.25, 0.3) is 0 Å². The van der Waals surface area contributed by atoms with Gasteiger partial charge in [-0.2, -0.15) is 0 Å². The molecule has 0 aliphatic heterocycles. The molecule has 82 valence electrons. The van der Waals surface area contributed by atoms with Crippen LogP contribution < -0.4 is 0 Å². The Morgan fingerprint density at radius 3 is 2.93 bits per heavy atom. The Balaban J connectivity index is 2.39. The summed E-state index contributed by atoms with van der Waals surface area (Å²) in [5.41, 5.74) is 4.20. The molecule has 0 saturated heterocycles. The maximum Gasteiger partial charge on any atom is 0.0637 e. The molecule has 2 aliphatic rings. The third kappa shape index (κ3) is 1.59. The van der Waals surface area contributed by atoms with E-state index in [4.69, 9.17) is 0 Å². The van der Waals surface area contributed by atoms with E-state index in [2.05, 4.69) is 32.1 Å². The van der Waals surface area contributed by atoms with Crippen molar-refractivity contribution in [3.05, 3.63) is 34.9 Å². The molecular weight excluding hydrogens is 184 g/mol. The lowest BCUT2D eigenvalue weighted by Gasteiger charge is -2.34. The Bertz CT molecular complexity index is 360. The zero-order valence-electron chi connectivity index (χ0n) is 9.88. The molecule has 0 radical (unpaired) electrons. The maximum absolute atomic E-state index is 10.1. The molecule has 1 nitrogen and oxygen atoms in total. The van der Waals surface area contributed by atoms with E-state index in [1.54, 1.807) is 0 Å². The third-order valence-electron chi connectivity index (χ3n) is 3.98. The number of rotatable bonds is 1. The molecule has 0 aromatic carbocycles. The lowest BCUT2D eigenvalue weighted by molar-refractivity contribution is 0.0835. The lowest BCUT2D eigenvalue weighted by atomic mass is 9.72. The molecule has 1 fully saturated rings. The van der Waals surface area contributed by atoms with E-state index < -0.39 is 0 Å². The zero-order valence-corrected chi connectivity index (χ0v) is 9.88. The summed E-state index contributed by atoms with van der Waals surface area (Å²) in [6.45, 7) is 6.42. The van der Waals surface area contributed by atoms with Gasteiger partial charge in [-0.05, 0) is 44.3 Å². The van der Waals surface area contributed by atoms with Crippen LogP contribution in [0.25, 0.3) is 0 Å². The smallest absolute Gasteiger partial charge is 0.0637 e. The van der Waals surface area contributed by atoms with Crippen molar-refractivity contribution in [1.82, 2.24) is 0 Å². The topological polar surface area (TPSA) is 20.2 Å². The number of hydrogen-bond acceptors (Lipinski definition) is 1. The van der Waals surface area contributed by atoms with Crippen LogP contribution in [0.3, 0.4) is 0 Å². The standard InChI is InChI=1S/C14H20O/c1-4-5-11-9-14(3)12(8-10(11)2)6-7-13(14)15/h4-5,8,13,15H,6-7,9H2,1-3H3/b5-4-. The van der Waals surface area contributed by atoms with Gasteiger partial charge in [0, 0.05) is 5.41 Å². The molecule has 0 aromatic heterocycles. The minimum atomic E-state index is -0.155. The summed E-state index contributed by atoms with van der Waals surface area (Å²) in [5.74, 6) is 0. The van der Waals surface area contributed by atoms with Gasteiger partial charge in [-0.1, -0.05) is 30.7 Å². The highest BCUT2D eigenvalue weighted by Crippen LogP contribution is 2.50. The van der Waals surface area contributed by atoms with Gasteiger partial charge >= 0.3 is 0 Å². The molecule has 0 heterocycles. The predicted octanol–water partition coefficient (Wildman–Crippen LogP) is 3.37. The van der Waals surface area contributed by atoms with Crippen molar-refractivity contribution < 1.29 is 5.11 Å². The minimum Gasteiger partial charge on any atom is -0.392 e. The molecule has 0 aromatic rings. The first-order valence-corrected chi connectivity index (χ1v) is 5.79. The van der Waals surface area contributed by atoms with Crippen molar-refractivity contribution >= 4 is 0 Å². The van der Waals surface area contributed by atoms with Gasteiger partial charge in [-0.15, -0.1) is 0 Å². The zero-order chi connectivity index (χ0) is 11.1. The SMILES string of the molecule is C/C=C\C1=C(C)C=C2CCC(O)C2(C)C1. The van der Waals surface area contributed by atoms with Crippen LogP contribution in [0, 0.1) is 5.41 Å². The average Bonchev–Trinajstić information content (AvgIpc) is 2.46. The first-order chi connectivity index (χ1) is 7.08. The Hall–Kier alpha value is -0.820. The normalized spacial score (nSPS) is 36.0. The molecule has 1 N–H and O–H groups in total. The summed E-state index contributed by atoms with van der Waals surface area (Å²) >= 11 is 0. The van der Waals surface area contributed by atoms with Gasteiger partial charge in [-0.25, -0.2) is 0 Å². The molecule has 1 saturated carbocycles. The van der Waals surface area contributed by atoms with Crippen LogP contribution in [0.15, 0.2) is 34.9 Å². The molecule has 0 amide bonds. The highest BCUT2D eigenvalue weighted by Gasteiger charge is 2.43. The van der Waals surface area contributed by atoms with Crippen molar-refractivity contribution in [3.63, 3.8) is 0 Å². The molecule has 0 spiro atoms. The monoisotopic (exact) mass is 204 g/mol. The summed E-state index contributed by atoms with van der Waals surface area (Å²) in [5, 5.41) is 10.1. The Kier molecular flexibility index (Phi) is 2.59. The van der Waals surface area contributed by atoms with E-state index in [9.17, 15) is 5.11 Å². The van der Waals surface area contributed by atoms with E-state index in [0.717, 1.165) is 19.3 Å². The van der Waals surface area contributed by atoms with Crippen molar-refractivity contribution in [2.45, 2.75) is 46.1 Å². The molecular formula is C14H20O. The minimum absolute atomic E-state index is 0.00829. The fourth-order valence-electron chi connectivity index (χ4n) is 2.86. The van der Waals surface area contributed by atoms with Crippen LogP contribution in [-0.2, 0) is 0 Å². The van der Waals surface area contributed by atoms with E-state index in [-0.39, 0.29) is 11.5 Å². The maximum atomic E-state index is 10.1. The molecule has 2 atom stereocenters. The van der Waals surface area contributed by atoms with Crippen LogP contribution in [0.1, 0.15) is 40.0 Å². The summed E-state index contributed by atoms with van der Waals surface area (Å²) in [6, 6.07) is 0. The summed E-state index contributed by atoms with van der Waals surface area (Å²) in [7, 11) is 0. The summed E-state index contributed by atoms with van der Waals surface area (Å²) in [6.07, 6.45) is 9.39. The van der Waals surface area contributed by atoms with Crippen LogP contribution in [0.5, 0.6) is 0 Å². The molecule has 1 heteroatoms. The number of aliphatic hydroxyl groups is 1. The van der Waals surface area contributed by atoms with Gasteiger partial charge < -0.3 is 5.11 Å². The molecule has 2 unspecified atom stereocenters. The summed E-state index contributed by atoms with van der Waals surface area (Å²) in [4.78, 5) is 0. The van der Waals surface area contributed by atoms with Gasteiger partial charge in [0.15, 0.2) is 0 Å². The number of fused-ring (bicyclic) bond motifs is 1. The van der Waals surface area contributed by atoms with Crippen molar-refractivity contribution in [1.29, 1.82) is 0 Å². The average molecular weight is 204 g/mol. The predicted molar refractivity (Wildman–Crippen MR) is 63.6 cm³/mol. The molecule has 15 heavy (non-hydrogen) atoms. The summed E-state index contributed by atoms with van der Waals surface area (Å²) < 4.78 is 0. The van der Waals surface area contributed by atoms with Gasteiger partial charge in [0.1, 0.15) is 0 Å². The van der Waals surface area contributed by atoms with Crippen molar-refractivity contribution in [2.75, 3.05) is 0 Å². The fraction of sp³-hybridized carbons (Fsp3) is 0.571. The lowest BCUT2D eigenvalue weighted by Crippen LogP contribution is -2.30. The van der Waals surface area contributed by atoms with E-state index in [1.807, 2.05) is 6.92 Å². The largest absolute Gasteiger partial charge is 0.392 e. The third-order valence-corrected chi connectivity index (χ3v) is 3.98. The number of aliphatic hydroxyl groups excluding tert-OH is 1. The second kappa shape index (κ2) is 3.64. The van der Waals surface area contributed by atoms with Crippen LogP contribution in [-0.4, -0.2) is 11.2 Å². The van der Waals surface area contributed by atoms with Gasteiger partial charge in [-0.3, -0.25) is 0 Å². The van der Waals surface area contributed by atoms with Gasteiger partial charge in [0.2, 0.25) is 0 Å². The first-order valence-electron chi connectivity index (χ1n) is 5.79. The van der Waals surface area contributed by atoms with Gasteiger partial charge in [0.05, 0.1) is 6.10 Å². The molecule has 2 aliphatic carbocycles. The second-order valence-electron chi connectivity index (χ2n) is 5.03. The Labute approximate surface area is 92.2 Å². The highest BCUT2D eigenvalue weighted by atomic mass is 16.3. The van der Waals surface area contributed by atoms with E-state index in [1.165, 1.54) is 16.7 Å². The van der Waals surface area contributed by atoms with E-state index >= 15 is 0 Å². The molecule has 0 bridgehead atoms. The fourth-order valence-corrected chi connectivity index (χ4v) is 2.86. The van der Waals surface area contributed by atoms with Crippen LogP contribution in [0.4, 0.5) is 0 Å². The van der Waals surface area contributed by atoms with Crippen LogP contribution in [0.2, 0.25) is 0 Å². The Morgan fingerprint density at radius 2 is 2.27 bits per heavy atom. The second-order valence-corrected chi connectivity index (χ2v) is 5.03. The highest BCUT2D eigenvalue weighted by molar-refractivity contribution is 5.43. The Morgan fingerprint density at radius 1 is 1.53 bits per heavy atom. The van der Waals surface area contributed by atoms with E-state index in [0.29, 0.717) is 0 Å². The number of hydrogen-bond donors (Lipinski definition) is 1. The first kappa shape index (κ1) is 10.7.